The van der Waals surface area contributed by atoms with E-state index >= 15 is 0 Å². The van der Waals surface area contributed by atoms with Gasteiger partial charge >= 0.3 is 0 Å². The van der Waals surface area contributed by atoms with Crippen molar-refractivity contribution in [3.05, 3.63) is 53.6 Å². The van der Waals surface area contributed by atoms with Gasteiger partial charge in [-0.05, 0) is 54.3 Å². The Morgan fingerprint density at radius 2 is 1.59 bits per heavy atom. The second-order valence-corrected chi connectivity index (χ2v) is 7.32. The Labute approximate surface area is 188 Å². The van der Waals surface area contributed by atoms with Crippen LogP contribution in [0.5, 0.6) is 23.0 Å². The van der Waals surface area contributed by atoms with Crippen molar-refractivity contribution in [3.8, 4) is 23.0 Å². The molecule has 0 saturated heterocycles. The van der Waals surface area contributed by atoms with E-state index in [0.717, 1.165) is 6.42 Å². The molecule has 2 N–H and O–H groups in total. The van der Waals surface area contributed by atoms with E-state index in [4.69, 9.17) is 18.9 Å². The van der Waals surface area contributed by atoms with Gasteiger partial charge in [-0.2, -0.15) is 0 Å². The lowest BCUT2D eigenvalue weighted by Crippen LogP contribution is -2.40. The second-order valence-electron chi connectivity index (χ2n) is 7.32. The Bertz CT molecular complexity index is 933. The highest BCUT2D eigenvalue weighted by atomic mass is 16.5. The third-order valence-electron chi connectivity index (χ3n) is 4.48. The van der Waals surface area contributed by atoms with Crippen LogP contribution in [0.2, 0.25) is 0 Å². The average molecular weight is 443 g/mol. The minimum Gasteiger partial charge on any atom is -0.497 e. The van der Waals surface area contributed by atoms with Gasteiger partial charge in [0.2, 0.25) is 0 Å². The van der Waals surface area contributed by atoms with Gasteiger partial charge in [0.1, 0.15) is 11.5 Å². The molecule has 2 amide bonds. The van der Waals surface area contributed by atoms with E-state index in [1.807, 2.05) is 0 Å². The molecule has 8 heteroatoms. The molecule has 0 saturated carbocycles. The smallest absolute Gasteiger partial charge is 0.269 e. The average Bonchev–Trinajstić information content (AvgIpc) is 2.80. The maximum Gasteiger partial charge on any atom is 0.269 e. The van der Waals surface area contributed by atoms with Gasteiger partial charge in [-0.1, -0.05) is 13.8 Å². The Morgan fingerprint density at radius 1 is 0.906 bits per heavy atom. The van der Waals surface area contributed by atoms with Crippen LogP contribution in [0.4, 0.5) is 0 Å². The van der Waals surface area contributed by atoms with E-state index < -0.39 is 11.8 Å². The first-order chi connectivity index (χ1) is 15.4. The van der Waals surface area contributed by atoms with Crippen molar-refractivity contribution >= 4 is 17.9 Å². The molecular weight excluding hydrogens is 412 g/mol. The fourth-order valence-electron chi connectivity index (χ4n) is 2.66. The predicted octanol–water partition coefficient (Wildman–Crippen LogP) is 3.61. The Hall–Kier alpha value is -3.68. The Balaban J connectivity index is 1.95. The zero-order valence-corrected chi connectivity index (χ0v) is 19.1. The summed E-state index contributed by atoms with van der Waals surface area (Å²) in [7, 11) is 4.60. The summed E-state index contributed by atoms with van der Waals surface area (Å²) in [5.41, 5.74) is 5.75. The van der Waals surface area contributed by atoms with E-state index in [1.54, 1.807) is 56.7 Å². The lowest BCUT2D eigenvalue weighted by Gasteiger charge is -2.13. The first kappa shape index (κ1) is 24.6. The molecule has 0 unspecified atom stereocenters. The zero-order valence-electron chi connectivity index (χ0n) is 19.1. The quantitative estimate of drug-likeness (QED) is 0.431. The number of rotatable bonds is 10. The van der Waals surface area contributed by atoms with Crippen LogP contribution >= 0.6 is 0 Å². The number of hydrogen-bond donors (Lipinski definition) is 2. The highest BCUT2D eigenvalue weighted by molar-refractivity contribution is 5.98. The van der Waals surface area contributed by atoms with Gasteiger partial charge in [0.25, 0.3) is 11.8 Å². The maximum atomic E-state index is 12.4. The van der Waals surface area contributed by atoms with Gasteiger partial charge in [-0.15, -0.1) is 0 Å². The fraction of sp³-hybridized carbons (Fsp3) is 0.333. The van der Waals surface area contributed by atoms with Crippen molar-refractivity contribution in [3.63, 3.8) is 0 Å². The highest BCUT2D eigenvalue weighted by Gasteiger charge is 2.12. The molecule has 0 bridgehead atoms. The van der Waals surface area contributed by atoms with Crippen LogP contribution in [0.3, 0.4) is 0 Å². The molecular formula is C24H30N2O6. The SMILES string of the molecule is COc1cc(/C=C/C(=O)NNC(=O)c2ccc(OCCC(C)C)c(OC)c2)cc(OC)c1. The summed E-state index contributed by atoms with van der Waals surface area (Å²) in [5.74, 6) is 1.74. The summed E-state index contributed by atoms with van der Waals surface area (Å²) in [6.45, 7) is 4.79. The number of nitrogens with one attached hydrogen (secondary N) is 2. The minimum atomic E-state index is -0.499. The molecule has 0 fully saturated rings. The number of hydrogen-bond acceptors (Lipinski definition) is 6. The van der Waals surface area contributed by atoms with Crippen molar-refractivity contribution in [2.75, 3.05) is 27.9 Å². The fourth-order valence-corrected chi connectivity index (χ4v) is 2.66. The third-order valence-corrected chi connectivity index (χ3v) is 4.48. The number of carbonyl (C=O) groups is 2. The summed E-state index contributed by atoms with van der Waals surface area (Å²) in [4.78, 5) is 24.5. The zero-order chi connectivity index (χ0) is 23.5. The maximum absolute atomic E-state index is 12.4. The summed E-state index contributed by atoms with van der Waals surface area (Å²) in [5, 5.41) is 0. The number of benzene rings is 2. The number of carbonyl (C=O) groups excluding carboxylic acids is 2. The molecule has 32 heavy (non-hydrogen) atoms. The van der Waals surface area contributed by atoms with Crippen LogP contribution < -0.4 is 29.8 Å². The van der Waals surface area contributed by atoms with Crippen molar-refractivity contribution in [1.29, 1.82) is 0 Å². The molecule has 2 rings (SSSR count). The van der Waals surface area contributed by atoms with E-state index in [9.17, 15) is 9.59 Å². The van der Waals surface area contributed by atoms with Crippen LogP contribution in [0.1, 0.15) is 36.2 Å². The number of hydrazine groups is 1. The number of methoxy groups -OCH3 is 3. The van der Waals surface area contributed by atoms with Crippen LogP contribution in [0, 0.1) is 5.92 Å². The molecule has 0 atom stereocenters. The minimum absolute atomic E-state index is 0.319. The molecule has 172 valence electrons. The molecule has 2 aromatic rings. The summed E-state index contributed by atoms with van der Waals surface area (Å²) in [6, 6.07) is 10.1. The molecule has 2 aromatic carbocycles. The molecule has 0 aromatic heterocycles. The van der Waals surface area contributed by atoms with E-state index in [1.165, 1.54) is 13.2 Å². The van der Waals surface area contributed by atoms with E-state index in [2.05, 4.69) is 24.7 Å². The number of amides is 2. The Kier molecular flexibility index (Phi) is 9.41. The second kappa shape index (κ2) is 12.2. The standard InChI is InChI=1S/C24H30N2O6/c1-16(2)10-11-32-21-8-7-18(14-22(21)31-5)24(28)26-25-23(27)9-6-17-12-19(29-3)15-20(13-17)30-4/h6-9,12-16H,10-11H2,1-5H3,(H,25,27)(H,26,28)/b9-6+. The lowest BCUT2D eigenvalue weighted by molar-refractivity contribution is -0.117. The lowest BCUT2D eigenvalue weighted by atomic mass is 10.1. The first-order valence-corrected chi connectivity index (χ1v) is 10.2. The van der Waals surface area contributed by atoms with Gasteiger partial charge in [0, 0.05) is 17.7 Å². The van der Waals surface area contributed by atoms with E-state index in [0.29, 0.717) is 46.6 Å². The monoisotopic (exact) mass is 442 g/mol. The van der Waals surface area contributed by atoms with Crippen LogP contribution in [0.25, 0.3) is 6.08 Å². The van der Waals surface area contributed by atoms with Gasteiger partial charge in [0.15, 0.2) is 11.5 Å². The molecule has 8 nitrogen and oxygen atoms in total. The molecule has 0 aliphatic carbocycles. The molecule has 0 heterocycles. The van der Waals surface area contributed by atoms with Crippen LogP contribution in [0.15, 0.2) is 42.5 Å². The van der Waals surface area contributed by atoms with Gasteiger partial charge in [-0.3, -0.25) is 20.4 Å². The van der Waals surface area contributed by atoms with Gasteiger partial charge in [0.05, 0.1) is 27.9 Å². The molecule has 0 spiro atoms. The van der Waals surface area contributed by atoms with Crippen molar-refractivity contribution in [2.45, 2.75) is 20.3 Å². The molecule has 0 aliphatic heterocycles. The summed E-state index contributed by atoms with van der Waals surface area (Å²) in [6.07, 6.45) is 3.78. The third kappa shape index (κ3) is 7.54. The van der Waals surface area contributed by atoms with Gasteiger partial charge < -0.3 is 18.9 Å². The van der Waals surface area contributed by atoms with Crippen LogP contribution in [-0.4, -0.2) is 39.8 Å². The highest BCUT2D eigenvalue weighted by Crippen LogP contribution is 2.28. The predicted molar refractivity (Wildman–Crippen MR) is 122 cm³/mol. The van der Waals surface area contributed by atoms with Crippen molar-refractivity contribution < 1.29 is 28.5 Å². The van der Waals surface area contributed by atoms with E-state index in [-0.39, 0.29) is 0 Å². The topological polar surface area (TPSA) is 95.1 Å². The summed E-state index contributed by atoms with van der Waals surface area (Å²) < 4.78 is 21.4. The van der Waals surface area contributed by atoms with Crippen molar-refractivity contribution in [2.24, 2.45) is 5.92 Å². The van der Waals surface area contributed by atoms with Crippen LogP contribution in [-0.2, 0) is 4.79 Å². The molecule has 0 aliphatic rings. The Morgan fingerprint density at radius 3 is 2.19 bits per heavy atom. The number of ether oxygens (including phenoxy) is 4. The largest absolute Gasteiger partial charge is 0.497 e. The first-order valence-electron chi connectivity index (χ1n) is 10.2. The normalized spacial score (nSPS) is 10.7. The summed E-state index contributed by atoms with van der Waals surface area (Å²) >= 11 is 0. The van der Waals surface area contributed by atoms with Crippen molar-refractivity contribution in [1.82, 2.24) is 10.9 Å². The van der Waals surface area contributed by atoms with Gasteiger partial charge in [-0.25, -0.2) is 0 Å². The molecule has 0 radical (unpaired) electrons.